The largest absolute Gasteiger partial charge is 0.466 e. The van der Waals surface area contributed by atoms with E-state index in [4.69, 9.17) is 14.2 Å². The molecule has 0 bridgehead atoms. The zero-order valence-corrected chi connectivity index (χ0v) is 22.0. The molecule has 0 saturated heterocycles. The van der Waals surface area contributed by atoms with Crippen LogP contribution in [0.2, 0.25) is 0 Å². The van der Waals surface area contributed by atoms with Crippen LogP contribution in [0.5, 0.6) is 0 Å². The van der Waals surface area contributed by atoms with Crippen LogP contribution in [0.1, 0.15) is 91.9 Å². The lowest BCUT2D eigenvalue weighted by molar-refractivity contribution is -0.167. The molecule has 0 aromatic carbocycles. The maximum absolute atomic E-state index is 13.5. The van der Waals surface area contributed by atoms with Crippen molar-refractivity contribution in [2.24, 2.45) is 40.4 Å². The minimum Gasteiger partial charge on any atom is -0.466 e. The summed E-state index contributed by atoms with van der Waals surface area (Å²) in [6.07, 6.45) is 8.18. The smallest absolute Gasteiger partial charge is 0.347 e. The summed E-state index contributed by atoms with van der Waals surface area (Å²) in [6.45, 7) is 7.50. The summed E-state index contributed by atoms with van der Waals surface area (Å²) >= 11 is 0. The van der Waals surface area contributed by atoms with Crippen molar-refractivity contribution in [3.63, 3.8) is 0 Å². The number of Topliss-reactive ketones (excluding diaryl/α,β-unsaturated/α-hetero) is 1. The Bertz CT molecular complexity index is 867. The van der Waals surface area contributed by atoms with Crippen LogP contribution in [0.15, 0.2) is 0 Å². The van der Waals surface area contributed by atoms with Crippen molar-refractivity contribution >= 4 is 23.7 Å². The number of fused-ring (bicyclic) bond motifs is 5. The number of carbonyl (C=O) groups excluding carboxylic acids is 4. The second kappa shape index (κ2) is 9.85. The SMILES string of the molecule is COC(=O)[C@H](CC(=O)[C@H]1CC[C@H]2[C@@H]3CC[C@@H]4C[C@@H](OC(C)=O)CC[C@]4(C)[C@H]3CC[C@]12C)OC(C)=O. The summed E-state index contributed by atoms with van der Waals surface area (Å²) in [4.78, 5) is 48.6. The number of esters is 3. The Morgan fingerprint density at radius 1 is 0.857 bits per heavy atom. The summed E-state index contributed by atoms with van der Waals surface area (Å²) in [5, 5.41) is 0. The van der Waals surface area contributed by atoms with E-state index < -0.39 is 18.0 Å². The minimum absolute atomic E-state index is 0.0203. The molecule has 0 radical (unpaired) electrons. The first-order valence-electron chi connectivity index (χ1n) is 13.4. The fourth-order valence-corrected chi connectivity index (χ4v) is 8.92. The van der Waals surface area contributed by atoms with Gasteiger partial charge in [-0.3, -0.25) is 14.4 Å². The van der Waals surface area contributed by atoms with Gasteiger partial charge in [0.1, 0.15) is 11.9 Å². The quantitative estimate of drug-likeness (QED) is 0.395. The van der Waals surface area contributed by atoms with Crippen LogP contribution in [-0.4, -0.2) is 43.0 Å². The minimum atomic E-state index is -1.16. The number of carbonyl (C=O) groups is 4. The lowest BCUT2D eigenvalue weighted by Crippen LogP contribution is -2.54. The van der Waals surface area contributed by atoms with Crippen LogP contribution in [0.3, 0.4) is 0 Å². The molecule has 7 nitrogen and oxygen atoms in total. The zero-order chi connectivity index (χ0) is 25.5. The van der Waals surface area contributed by atoms with Gasteiger partial charge >= 0.3 is 17.9 Å². The molecular weight excluding hydrogens is 448 g/mol. The summed E-state index contributed by atoms with van der Waals surface area (Å²) < 4.78 is 15.5. The number of hydrogen-bond donors (Lipinski definition) is 0. The fourth-order valence-electron chi connectivity index (χ4n) is 8.92. The highest BCUT2D eigenvalue weighted by Crippen LogP contribution is 2.67. The first kappa shape index (κ1) is 26.2. The second-order valence-electron chi connectivity index (χ2n) is 12.1. The molecule has 0 N–H and O–H groups in total. The lowest BCUT2D eigenvalue weighted by Gasteiger charge is -2.61. The van der Waals surface area contributed by atoms with Crippen molar-refractivity contribution in [2.75, 3.05) is 7.11 Å². The van der Waals surface area contributed by atoms with E-state index in [1.54, 1.807) is 0 Å². The molecule has 4 aliphatic carbocycles. The molecule has 0 aromatic rings. The molecule has 0 unspecified atom stereocenters. The molecule has 4 aliphatic rings. The van der Waals surface area contributed by atoms with Gasteiger partial charge in [-0.1, -0.05) is 13.8 Å². The van der Waals surface area contributed by atoms with Gasteiger partial charge in [0.25, 0.3) is 0 Å². The third-order valence-corrected chi connectivity index (χ3v) is 10.5. The third kappa shape index (κ3) is 4.76. The molecule has 0 aliphatic heterocycles. The van der Waals surface area contributed by atoms with Crippen LogP contribution >= 0.6 is 0 Å². The van der Waals surface area contributed by atoms with E-state index in [1.807, 2.05) is 0 Å². The summed E-state index contributed by atoms with van der Waals surface area (Å²) in [5.74, 6) is 0.835. The third-order valence-electron chi connectivity index (χ3n) is 10.5. The van der Waals surface area contributed by atoms with Crippen molar-refractivity contribution in [2.45, 2.75) is 104 Å². The molecule has 0 heterocycles. The van der Waals surface area contributed by atoms with Gasteiger partial charge in [-0.05, 0) is 92.3 Å². The monoisotopic (exact) mass is 490 g/mol. The Morgan fingerprint density at radius 3 is 2.20 bits per heavy atom. The van der Waals surface area contributed by atoms with Crippen molar-refractivity contribution < 1.29 is 33.4 Å². The molecule has 0 spiro atoms. The topological polar surface area (TPSA) is 96.0 Å². The maximum atomic E-state index is 13.5. The standard InChI is InChI=1S/C28H42O7/c1-16(29)34-19-10-12-27(3)18(14-19)6-7-20-21-8-9-23(28(21,4)13-11-22(20)27)24(31)15-25(26(32)33-5)35-17(2)30/h18-23,25H,6-15H2,1-5H3/t18-,19+,20+,21+,22+,23-,25+,27+,28+/m1/s1. The van der Waals surface area contributed by atoms with E-state index in [-0.39, 0.29) is 41.0 Å². The normalized spacial score (nSPS) is 40.9. The predicted molar refractivity (Wildman–Crippen MR) is 128 cm³/mol. The van der Waals surface area contributed by atoms with E-state index >= 15 is 0 Å². The fraction of sp³-hybridized carbons (Fsp3) is 0.857. The number of methoxy groups -OCH3 is 1. The second-order valence-corrected chi connectivity index (χ2v) is 12.1. The number of ketones is 1. The van der Waals surface area contributed by atoms with E-state index in [0.717, 1.165) is 51.4 Å². The molecule has 0 aromatic heterocycles. The Hall–Kier alpha value is -1.92. The zero-order valence-electron chi connectivity index (χ0n) is 22.0. The van der Waals surface area contributed by atoms with Crippen LogP contribution < -0.4 is 0 Å². The number of ether oxygens (including phenoxy) is 3. The lowest BCUT2D eigenvalue weighted by atomic mass is 9.44. The van der Waals surface area contributed by atoms with Crippen molar-refractivity contribution in [3.05, 3.63) is 0 Å². The van der Waals surface area contributed by atoms with Gasteiger partial charge < -0.3 is 14.2 Å². The molecular formula is C28H42O7. The molecule has 9 atom stereocenters. The number of rotatable bonds is 6. The highest BCUT2D eigenvalue weighted by atomic mass is 16.6. The molecule has 4 rings (SSSR count). The van der Waals surface area contributed by atoms with Gasteiger partial charge in [0, 0.05) is 19.8 Å². The first-order valence-corrected chi connectivity index (χ1v) is 13.4. The van der Waals surface area contributed by atoms with E-state index in [2.05, 4.69) is 13.8 Å². The van der Waals surface area contributed by atoms with Gasteiger partial charge in [0.2, 0.25) is 6.10 Å². The van der Waals surface area contributed by atoms with Crippen LogP contribution in [0, 0.1) is 40.4 Å². The van der Waals surface area contributed by atoms with Gasteiger partial charge in [0.05, 0.1) is 13.5 Å². The molecule has 7 heteroatoms. The summed E-state index contributed by atoms with van der Waals surface area (Å²) in [7, 11) is 1.24. The van der Waals surface area contributed by atoms with E-state index in [9.17, 15) is 19.2 Å². The highest BCUT2D eigenvalue weighted by molar-refractivity contribution is 5.89. The molecule has 196 valence electrons. The molecule has 35 heavy (non-hydrogen) atoms. The molecule has 0 amide bonds. The van der Waals surface area contributed by atoms with E-state index in [1.165, 1.54) is 27.4 Å². The van der Waals surface area contributed by atoms with Crippen LogP contribution in [-0.2, 0) is 33.4 Å². The Balaban J connectivity index is 1.47. The average Bonchev–Trinajstić information content (AvgIpc) is 3.15. The maximum Gasteiger partial charge on any atom is 0.347 e. The summed E-state index contributed by atoms with van der Waals surface area (Å²) in [6, 6.07) is 0. The van der Waals surface area contributed by atoms with Gasteiger partial charge in [-0.25, -0.2) is 4.79 Å². The Morgan fingerprint density at radius 2 is 1.54 bits per heavy atom. The summed E-state index contributed by atoms with van der Waals surface area (Å²) in [5.41, 5.74) is 0.196. The van der Waals surface area contributed by atoms with E-state index in [0.29, 0.717) is 23.7 Å². The van der Waals surface area contributed by atoms with Crippen molar-refractivity contribution in [1.82, 2.24) is 0 Å². The van der Waals surface area contributed by atoms with Crippen molar-refractivity contribution in [3.8, 4) is 0 Å². The molecule has 4 fully saturated rings. The Kier molecular flexibility index (Phi) is 7.36. The van der Waals surface area contributed by atoms with Gasteiger partial charge in [0.15, 0.2) is 0 Å². The highest BCUT2D eigenvalue weighted by Gasteiger charge is 2.61. The van der Waals surface area contributed by atoms with Crippen molar-refractivity contribution in [1.29, 1.82) is 0 Å². The molecule has 4 saturated carbocycles. The number of hydrogen-bond acceptors (Lipinski definition) is 7. The first-order chi connectivity index (χ1) is 16.5. The average molecular weight is 491 g/mol. The van der Waals surface area contributed by atoms with Crippen LogP contribution in [0.25, 0.3) is 0 Å². The van der Waals surface area contributed by atoms with Gasteiger partial charge in [-0.15, -0.1) is 0 Å². The van der Waals surface area contributed by atoms with Gasteiger partial charge in [-0.2, -0.15) is 0 Å². The van der Waals surface area contributed by atoms with Crippen LogP contribution in [0.4, 0.5) is 0 Å². The Labute approximate surface area is 209 Å². The predicted octanol–water partition coefficient (Wildman–Crippen LogP) is 4.64.